The maximum atomic E-state index is 9.14. The van der Waals surface area contributed by atoms with Gasteiger partial charge in [0.1, 0.15) is 0 Å². The fourth-order valence-corrected chi connectivity index (χ4v) is 1.34. The molecule has 0 aromatic rings. The van der Waals surface area contributed by atoms with Crippen molar-refractivity contribution in [1.29, 1.82) is 0 Å². The van der Waals surface area contributed by atoms with Gasteiger partial charge in [0.25, 0.3) is 0 Å². The van der Waals surface area contributed by atoms with Crippen LogP contribution in [0.25, 0.3) is 0 Å². The smallest absolute Gasteiger partial charge is 0.0633 e. The average Bonchev–Trinajstić information content (AvgIpc) is 2.45. The second-order valence-corrected chi connectivity index (χ2v) is 2.66. The molecule has 46 valence electrons. The van der Waals surface area contributed by atoms with Crippen LogP contribution >= 0.6 is 0 Å². The SMILES string of the molecule is OC1CCOC2CC12. The van der Waals surface area contributed by atoms with Crippen LogP contribution in [0.15, 0.2) is 0 Å². The van der Waals surface area contributed by atoms with Gasteiger partial charge in [-0.3, -0.25) is 0 Å². The minimum Gasteiger partial charge on any atom is -0.393 e. The molecule has 1 saturated carbocycles. The molecule has 2 aliphatic rings. The van der Waals surface area contributed by atoms with Crippen molar-refractivity contribution in [3.05, 3.63) is 0 Å². The Hall–Kier alpha value is -0.0800. The van der Waals surface area contributed by atoms with Crippen molar-refractivity contribution in [1.82, 2.24) is 0 Å². The summed E-state index contributed by atoms with van der Waals surface area (Å²) >= 11 is 0. The monoisotopic (exact) mass is 114 g/mol. The molecule has 1 heterocycles. The van der Waals surface area contributed by atoms with Gasteiger partial charge in [-0.25, -0.2) is 0 Å². The third-order valence-electron chi connectivity index (χ3n) is 2.02. The van der Waals surface area contributed by atoms with Crippen molar-refractivity contribution in [2.24, 2.45) is 5.92 Å². The maximum absolute atomic E-state index is 9.14. The molecule has 1 aliphatic heterocycles. The molecule has 3 unspecified atom stereocenters. The highest BCUT2D eigenvalue weighted by atomic mass is 16.5. The molecule has 1 saturated heterocycles. The minimum absolute atomic E-state index is 0.0475. The van der Waals surface area contributed by atoms with Crippen LogP contribution in [0.2, 0.25) is 0 Å². The Balaban J connectivity index is 1.99. The number of hydrogen-bond acceptors (Lipinski definition) is 2. The van der Waals surface area contributed by atoms with Crippen molar-refractivity contribution in [2.75, 3.05) is 6.61 Å². The first-order valence-electron chi connectivity index (χ1n) is 3.17. The van der Waals surface area contributed by atoms with Gasteiger partial charge < -0.3 is 9.84 Å². The summed E-state index contributed by atoms with van der Waals surface area (Å²) in [6.07, 6.45) is 2.33. The lowest BCUT2D eigenvalue weighted by atomic mass is 10.1. The van der Waals surface area contributed by atoms with Crippen molar-refractivity contribution in [3.63, 3.8) is 0 Å². The van der Waals surface area contributed by atoms with E-state index in [-0.39, 0.29) is 6.10 Å². The van der Waals surface area contributed by atoms with Crippen LogP contribution in [-0.4, -0.2) is 23.9 Å². The molecule has 3 atom stereocenters. The zero-order chi connectivity index (χ0) is 5.56. The van der Waals surface area contributed by atoms with Crippen LogP contribution in [0, 0.1) is 5.92 Å². The summed E-state index contributed by atoms with van der Waals surface area (Å²) in [5.74, 6) is 0.503. The van der Waals surface area contributed by atoms with Gasteiger partial charge in [0.05, 0.1) is 12.2 Å². The lowest BCUT2D eigenvalue weighted by Crippen LogP contribution is -2.21. The summed E-state index contributed by atoms with van der Waals surface area (Å²) in [6.45, 7) is 0.766. The van der Waals surface area contributed by atoms with E-state index >= 15 is 0 Å². The molecule has 1 aliphatic carbocycles. The van der Waals surface area contributed by atoms with Crippen LogP contribution in [0.1, 0.15) is 12.8 Å². The molecule has 0 amide bonds. The van der Waals surface area contributed by atoms with Crippen molar-refractivity contribution in [2.45, 2.75) is 25.0 Å². The third kappa shape index (κ3) is 0.565. The number of ether oxygens (including phenoxy) is 1. The van der Waals surface area contributed by atoms with E-state index in [0.29, 0.717) is 12.0 Å². The van der Waals surface area contributed by atoms with Crippen LogP contribution in [-0.2, 0) is 4.74 Å². The largest absolute Gasteiger partial charge is 0.393 e. The van der Waals surface area contributed by atoms with Crippen molar-refractivity contribution < 1.29 is 9.84 Å². The van der Waals surface area contributed by atoms with Gasteiger partial charge in [0.2, 0.25) is 0 Å². The summed E-state index contributed by atoms with van der Waals surface area (Å²) in [4.78, 5) is 0. The summed E-state index contributed by atoms with van der Waals surface area (Å²) < 4.78 is 5.26. The second kappa shape index (κ2) is 1.45. The lowest BCUT2D eigenvalue weighted by Gasteiger charge is -2.15. The van der Waals surface area contributed by atoms with E-state index in [1.807, 2.05) is 0 Å². The Morgan fingerprint density at radius 3 is 3.00 bits per heavy atom. The Labute approximate surface area is 48.5 Å². The second-order valence-electron chi connectivity index (χ2n) is 2.66. The molecule has 0 aromatic heterocycles. The lowest BCUT2D eigenvalue weighted by molar-refractivity contribution is 0.00593. The number of rotatable bonds is 0. The Morgan fingerprint density at radius 1 is 1.50 bits per heavy atom. The molecule has 2 heteroatoms. The van der Waals surface area contributed by atoms with Gasteiger partial charge in [-0.2, -0.15) is 0 Å². The molecule has 8 heavy (non-hydrogen) atoms. The number of hydrogen-bond donors (Lipinski definition) is 1. The maximum Gasteiger partial charge on any atom is 0.0633 e. The topological polar surface area (TPSA) is 29.5 Å². The molecule has 1 N–H and O–H groups in total. The number of fused-ring (bicyclic) bond motifs is 1. The van der Waals surface area contributed by atoms with Gasteiger partial charge in [-0.05, 0) is 12.8 Å². The zero-order valence-electron chi connectivity index (χ0n) is 4.71. The van der Waals surface area contributed by atoms with Crippen LogP contribution < -0.4 is 0 Å². The van der Waals surface area contributed by atoms with Gasteiger partial charge >= 0.3 is 0 Å². The van der Waals surface area contributed by atoms with E-state index in [1.165, 1.54) is 0 Å². The zero-order valence-corrected chi connectivity index (χ0v) is 4.71. The summed E-state index contributed by atoms with van der Waals surface area (Å²) in [5, 5.41) is 9.14. The van der Waals surface area contributed by atoms with E-state index < -0.39 is 0 Å². The van der Waals surface area contributed by atoms with Gasteiger partial charge in [0, 0.05) is 12.5 Å². The fraction of sp³-hybridized carbons (Fsp3) is 1.00. The van der Waals surface area contributed by atoms with Crippen LogP contribution in [0.4, 0.5) is 0 Å². The van der Waals surface area contributed by atoms with Crippen molar-refractivity contribution >= 4 is 0 Å². The standard InChI is InChI=1S/C6H10O2/c7-5-1-2-8-6-3-4(5)6/h4-7H,1-3H2. The first-order chi connectivity index (χ1) is 3.88. The quantitative estimate of drug-likeness (QED) is 0.486. The molecule has 2 rings (SSSR count). The normalized spacial score (nSPS) is 52.9. The summed E-state index contributed by atoms with van der Waals surface area (Å²) in [5.41, 5.74) is 0. The number of aliphatic hydroxyl groups excluding tert-OH is 1. The molecular formula is C6H10O2. The minimum atomic E-state index is -0.0475. The molecule has 0 bridgehead atoms. The molecule has 2 nitrogen and oxygen atoms in total. The highest BCUT2D eigenvalue weighted by Crippen LogP contribution is 2.40. The van der Waals surface area contributed by atoms with Gasteiger partial charge in [0.15, 0.2) is 0 Å². The van der Waals surface area contributed by atoms with E-state index in [1.54, 1.807) is 0 Å². The fourth-order valence-electron chi connectivity index (χ4n) is 1.34. The van der Waals surface area contributed by atoms with Crippen molar-refractivity contribution in [3.8, 4) is 0 Å². The van der Waals surface area contributed by atoms with E-state index in [2.05, 4.69) is 0 Å². The Morgan fingerprint density at radius 2 is 2.38 bits per heavy atom. The molecule has 0 spiro atoms. The van der Waals surface area contributed by atoms with Gasteiger partial charge in [-0.15, -0.1) is 0 Å². The molecule has 0 aromatic carbocycles. The third-order valence-corrected chi connectivity index (χ3v) is 2.02. The highest BCUT2D eigenvalue weighted by molar-refractivity contribution is 4.95. The predicted octanol–water partition coefficient (Wildman–Crippen LogP) is 0.156. The van der Waals surface area contributed by atoms with E-state index in [4.69, 9.17) is 9.84 Å². The Kier molecular flexibility index (Phi) is 0.866. The number of aliphatic hydroxyl groups is 1. The first kappa shape index (κ1) is 4.77. The molecule has 0 radical (unpaired) electrons. The summed E-state index contributed by atoms with van der Waals surface area (Å²) in [7, 11) is 0. The van der Waals surface area contributed by atoms with Gasteiger partial charge in [-0.1, -0.05) is 0 Å². The average molecular weight is 114 g/mol. The summed E-state index contributed by atoms with van der Waals surface area (Å²) in [6, 6.07) is 0. The van der Waals surface area contributed by atoms with E-state index in [9.17, 15) is 0 Å². The first-order valence-corrected chi connectivity index (χ1v) is 3.17. The highest BCUT2D eigenvalue weighted by Gasteiger charge is 2.46. The molecule has 2 fully saturated rings. The van der Waals surface area contributed by atoms with E-state index in [0.717, 1.165) is 19.4 Å². The molecular weight excluding hydrogens is 104 g/mol. The Bertz CT molecular complexity index is 103. The predicted molar refractivity (Wildman–Crippen MR) is 28.5 cm³/mol. The van der Waals surface area contributed by atoms with Crippen LogP contribution in [0.5, 0.6) is 0 Å². The van der Waals surface area contributed by atoms with Crippen LogP contribution in [0.3, 0.4) is 0 Å².